The Morgan fingerprint density at radius 1 is 1.50 bits per heavy atom. The fourth-order valence-electron chi connectivity index (χ4n) is 1.73. The van der Waals surface area contributed by atoms with Crippen molar-refractivity contribution in [2.75, 3.05) is 26.2 Å². The molecule has 4 N–H and O–H groups in total. The first kappa shape index (κ1) is 12.9. The number of carboxylic acid groups (broad SMARTS) is 1. The highest BCUT2D eigenvalue weighted by Gasteiger charge is 2.20. The zero-order valence-corrected chi connectivity index (χ0v) is 9.32. The summed E-state index contributed by atoms with van der Waals surface area (Å²) >= 11 is 0. The van der Waals surface area contributed by atoms with Gasteiger partial charge in [-0.25, -0.2) is 0 Å². The lowest BCUT2D eigenvalue weighted by atomic mass is 10.3. The van der Waals surface area contributed by atoms with E-state index in [9.17, 15) is 9.59 Å². The van der Waals surface area contributed by atoms with Gasteiger partial charge in [-0.15, -0.1) is 0 Å². The molecule has 0 aromatic carbocycles. The lowest BCUT2D eigenvalue weighted by Gasteiger charge is -2.14. The monoisotopic (exact) mass is 229 g/mol. The minimum absolute atomic E-state index is 0.0560. The summed E-state index contributed by atoms with van der Waals surface area (Å²) in [6.07, 6.45) is 1.50. The minimum Gasteiger partial charge on any atom is -0.481 e. The Hall–Kier alpha value is -1.14. The number of amides is 1. The van der Waals surface area contributed by atoms with Crippen molar-refractivity contribution < 1.29 is 14.7 Å². The van der Waals surface area contributed by atoms with Gasteiger partial charge in [-0.2, -0.15) is 0 Å². The molecule has 6 heteroatoms. The van der Waals surface area contributed by atoms with Gasteiger partial charge in [0.25, 0.3) is 0 Å². The summed E-state index contributed by atoms with van der Waals surface area (Å²) in [6.45, 7) is 2.41. The van der Waals surface area contributed by atoms with Crippen LogP contribution >= 0.6 is 0 Å². The molecule has 0 bridgehead atoms. The zero-order chi connectivity index (χ0) is 12.0. The van der Waals surface area contributed by atoms with Gasteiger partial charge in [0, 0.05) is 32.1 Å². The average Bonchev–Trinajstić information content (AvgIpc) is 2.58. The van der Waals surface area contributed by atoms with E-state index in [2.05, 4.69) is 5.32 Å². The second-order valence-corrected chi connectivity index (χ2v) is 4.13. The Morgan fingerprint density at radius 3 is 2.81 bits per heavy atom. The molecule has 0 unspecified atom stereocenters. The van der Waals surface area contributed by atoms with E-state index in [-0.39, 0.29) is 18.4 Å². The number of hydrogen-bond donors (Lipinski definition) is 3. The number of likely N-dealkylation sites (tertiary alicyclic amines) is 1. The molecule has 1 aliphatic rings. The van der Waals surface area contributed by atoms with Gasteiger partial charge >= 0.3 is 5.97 Å². The maximum Gasteiger partial charge on any atom is 0.303 e. The number of carbonyl (C=O) groups is 2. The molecule has 1 saturated heterocycles. The largest absolute Gasteiger partial charge is 0.481 e. The van der Waals surface area contributed by atoms with Gasteiger partial charge in [-0.3, -0.25) is 14.5 Å². The summed E-state index contributed by atoms with van der Waals surface area (Å²) in [5, 5.41) is 11.1. The smallest absolute Gasteiger partial charge is 0.303 e. The van der Waals surface area contributed by atoms with Crippen LogP contribution in [0.1, 0.15) is 19.3 Å². The number of aliphatic carboxylic acids is 1. The normalized spacial score (nSPS) is 20.9. The summed E-state index contributed by atoms with van der Waals surface area (Å²) in [5.41, 5.74) is 5.72. The molecule has 1 amide bonds. The van der Waals surface area contributed by atoms with Crippen molar-refractivity contribution in [3.63, 3.8) is 0 Å². The SMILES string of the molecule is N[C@@H]1CCN(CC(=O)NCCCC(=O)O)C1. The lowest BCUT2D eigenvalue weighted by molar-refractivity contribution is -0.137. The minimum atomic E-state index is -0.834. The fraction of sp³-hybridized carbons (Fsp3) is 0.800. The third-order valence-corrected chi connectivity index (χ3v) is 2.57. The van der Waals surface area contributed by atoms with Gasteiger partial charge in [0.05, 0.1) is 6.54 Å². The van der Waals surface area contributed by atoms with Crippen LogP contribution in [0.15, 0.2) is 0 Å². The van der Waals surface area contributed by atoms with Gasteiger partial charge in [0.1, 0.15) is 0 Å². The lowest BCUT2D eigenvalue weighted by Crippen LogP contribution is -2.37. The van der Waals surface area contributed by atoms with Crippen molar-refractivity contribution in [2.45, 2.75) is 25.3 Å². The number of nitrogens with zero attached hydrogens (tertiary/aromatic N) is 1. The number of rotatable bonds is 6. The van der Waals surface area contributed by atoms with Crippen molar-refractivity contribution in [3.8, 4) is 0 Å². The molecule has 6 nitrogen and oxygen atoms in total. The van der Waals surface area contributed by atoms with E-state index >= 15 is 0 Å². The molecule has 0 aromatic rings. The summed E-state index contributed by atoms with van der Waals surface area (Å²) in [5.74, 6) is -0.890. The molecule has 0 aromatic heterocycles. The summed E-state index contributed by atoms with van der Waals surface area (Å²) in [7, 11) is 0. The van der Waals surface area contributed by atoms with Crippen LogP contribution in [0.4, 0.5) is 0 Å². The van der Waals surface area contributed by atoms with Crippen LogP contribution in [0.5, 0.6) is 0 Å². The molecule has 0 aliphatic carbocycles. The van der Waals surface area contributed by atoms with Gasteiger partial charge in [-0.1, -0.05) is 0 Å². The van der Waals surface area contributed by atoms with Gasteiger partial charge < -0.3 is 16.2 Å². The molecule has 0 saturated carbocycles. The number of nitrogens with one attached hydrogen (secondary N) is 1. The van der Waals surface area contributed by atoms with Gasteiger partial charge in [-0.05, 0) is 12.8 Å². The predicted octanol–water partition coefficient (Wildman–Crippen LogP) is -1.000. The topological polar surface area (TPSA) is 95.7 Å². The van der Waals surface area contributed by atoms with Gasteiger partial charge in [0.2, 0.25) is 5.91 Å². The van der Waals surface area contributed by atoms with Crippen molar-refractivity contribution in [3.05, 3.63) is 0 Å². The van der Waals surface area contributed by atoms with Crippen molar-refractivity contribution in [1.29, 1.82) is 0 Å². The summed E-state index contributed by atoms with van der Waals surface area (Å²) in [6, 6.07) is 0.180. The Morgan fingerprint density at radius 2 is 2.25 bits per heavy atom. The van der Waals surface area contributed by atoms with E-state index in [0.29, 0.717) is 19.5 Å². The average molecular weight is 229 g/mol. The van der Waals surface area contributed by atoms with Crippen LogP contribution in [0.2, 0.25) is 0 Å². The third kappa shape index (κ3) is 5.09. The van der Waals surface area contributed by atoms with Gasteiger partial charge in [0.15, 0.2) is 0 Å². The highest BCUT2D eigenvalue weighted by Crippen LogP contribution is 2.05. The van der Waals surface area contributed by atoms with Crippen LogP contribution in [0, 0.1) is 0 Å². The number of carboxylic acids is 1. The summed E-state index contributed by atoms with van der Waals surface area (Å²) in [4.78, 5) is 23.6. The molecule has 0 spiro atoms. The zero-order valence-electron chi connectivity index (χ0n) is 9.32. The fourth-order valence-corrected chi connectivity index (χ4v) is 1.73. The molecule has 1 aliphatic heterocycles. The molecule has 0 radical (unpaired) electrons. The highest BCUT2D eigenvalue weighted by atomic mass is 16.4. The van der Waals surface area contributed by atoms with Crippen molar-refractivity contribution >= 4 is 11.9 Å². The highest BCUT2D eigenvalue weighted by molar-refractivity contribution is 5.78. The number of carbonyl (C=O) groups excluding carboxylic acids is 1. The number of nitrogens with two attached hydrogens (primary N) is 1. The van der Waals surface area contributed by atoms with E-state index in [0.717, 1.165) is 19.5 Å². The van der Waals surface area contributed by atoms with Crippen LogP contribution in [0.3, 0.4) is 0 Å². The summed E-state index contributed by atoms with van der Waals surface area (Å²) < 4.78 is 0. The Bertz CT molecular complexity index is 258. The van der Waals surface area contributed by atoms with Crippen LogP contribution in [-0.4, -0.2) is 54.1 Å². The van der Waals surface area contributed by atoms with Crippen LogP contribution in [0.25, 0.3) is 0 Å². The molecular formula is C10H19N3O3. The van der Waals surface area contributed by atoms with E-state index < -0.39 is 5.97 Å². The maximum absolute atomic E-state index is 11.4. The van der Waals surface area contributed by atoms with Crippen molar-refractivity contribution in [1.82, 2.24) is 10.2 Å². The number of hydrogen-bond acceptors (Lipinski definition) is 4. The quantitative estimate of drug-likeness (QED) is 0.508. The molecular weight excluding hydrogens is 210 g/mol. The first-order valence-electron chi connectivity index (χ1n) is 5.54. The Labute approximate surface area is 94.8 Å². The first-order chi connectivity index (χ1) is 7.58. The van der Waals surface area contributed by atoms with E-state index in [1.165, 1.54) is 0 Å². The Balaban J connectivity index is 2.05. The standard InChI is InChI=1S/C10H19N3O3/c11-8-3-5-13(6-8)7-9(14)12-4-1-2-10(15)16/h8H,1-7,11H2,(H,12,14)(H,15,16)/t8-/m1/s1. The molecule has 1 fully saturated rings. The van der Waals surface area contributed by atoms with Crippen molar-refractivity contribution in [2.24, 2.45) is 5.73 Å². The van der Waals surface area contributed by atoms with E-state index in [1.54, 1.807) is 0 Å². The molecule has 1 heterocycles. The van der Waals surface area contributed by atoms with Crippen LogP contribution in [-0.2, 0) is 9.59 Å². The molecule has 1 atom stereocenters. The second kappa shape index (κ2) is 6.44. The third-order valence-electron chi connectivity index (χ3n) is 2.57. The second-order valence-electron chi connectivity index (χ2n) is 4.13. The maximum atomic E-state index is 11.4. The first-order valence-corrected chi connectivity index (χ1v) is 5.54. The molecule has 1 rings (SSSR count). The molecule has 16 heavy (non-hydrogen) atoms. The van der Waals surface area contributed by atoms with Crippen LogP contribution < -0.4 is 11.1 Å². The Kier molecular flexibility index (Phi) is 5.21. The predicted molar refractivity (Wildman–Crippen MR) is 58.9 cm³/mol. The van der Waals surface area contributed by atoms with E-state index in [4.69, 9.17) is 10.8 Å². The molecule has 92 valence electrons. The van der Waals surface area contributed by atoms with E-state index in [1.807, 2.05) is 4.90 Å².